The molecule has 1 rings (SSSR count). The van der Waals surface area contributed by atoms with E-state index in [1.165, 1.54) is 0 Å². The quantitative estimate of drug-likeness (QED) is 0.167. The normalized spacial score (nSPS) is 20.7. The molecule has 0 saturated carbocycles. The monoisotopic (exact) mass is 338 g/mol. The second kappa shape index (κ2) is 7.15. The molecule has 1 heterocycles. The molecule has 0 bridgehead atoms. The van der Waals surface area contributed by atoms with Gasteiger partial charge < -0.3 is 25.2 Å². The Kier molecular flexibility index (Phi) is 6.94. The number of cyclic esters (lactones) is 1. The van der Waals surface area contributed by atoms with E-state index >= 15 is 0 Å². The molecule has 0 aliphatic carbocycles. The van der Waals surface area contributed by atoms with Gasteiger partial charge in [-0.25, -0.2) is 4.79 Å². The van der Waals surface area contributed by atoms with Crippen molar-refractivity contribution in [3.8, 4) is 0 Å². The molecule has 0 fully saturated rings. The van der Waals surface area contributed by atoms with E-state index in [1.54, 1.807) is 0 Å². The Labute approximate surface area is 108 Å². The average molecular weight is 340 g/mol. The minimum absolute atomic E-state index is 0.671. The molecule has 102 valence electrons. The first-order chi connectivity index (χ1) is 8.14. The number of hydrogen-bond donors (Lipinski definition) is 7. The summed E-state index contributed by atoms with van der Waals surface area (Å²) in [5, 5.41) is 35.0. The molecule has 2 atom stereocenters. The van der Waals surface area contributed by atoms with Crippen LogP contribution in [-0.4, -0.2) is 58.9 Å². The Morgan fingerprint density at radius 2 is 1.83 bits per heavy atom. The number of aliphatic hydroxyl groups is 4. The van der Waals surface area contributed by atoms with Crippen LogP contribution in [0.1, 0.15) is 0 Å². The molecule has 0 radical (unpaired) electrons. The molecule has 1 aliphatic heterocycles. The van der Waals surface area contributed by atoms with Crippen LogP contribution in [0.3, 0.4) is 0 Å². The van der Waals surface area contributed by atoms with Gasteiger partial charge in [-0.1, -0.05) is 0 Å². The van der Waals surface area contributed by atoms with Gasteiger partial charge in [-0.05, 0) is 0 Å². The van der Waals surface area contributed by atoms with E-state index in [4.69, 9.17) is 34.1 Å². The van der Waals surface area contributed by atoms with E-state index in [-0.39, 0.29) is 0 Å². The summed E-state index contributed by atoms with van der Waals surface area (Å²) >= 11 is -2.44. The Balaban J connectivity index is 0.000000411. The first-order valence-corrected chi connectivity index (χ1v) is 11.5. The summed E-state index contributed by atoms with van der Waals surface area (Å²) in [6.07, 6.45) is -2.78. The first-order valence-electron chi connectivity index (χ1n) is 4.41. The Hall–Kier alpha value is -0.537. The number of esters is 1. The van der Waals surface area contributed by atoms with Crippen LogP contribution >= 0.6 is 5.93 Å². The van der Waals surface area contributed by atoms with E-state index in [0.29, 0.717) is 0 Å². The molecule has 7 N–H and O–H groups in total. The van der Waals surface area contributed by atoms with Gasteiger partial charge in [-0.15, -0.1) is 0 Å². The molecular weight excluding hydrogens is 328 g/mol. The third kappa shape index (κ3) is 5.41. The zero-order valence-electron chi connectivity index (χ0n) is 8.87. The van der Waals surface area contributed by atoms with Gasteiger partial charge >= 0.3 is 47.2 Å². The van der Waals surface area contributed by atoms with Gasteiger partial charge in [0.2, 0.25) is 5.76 Å². The molecule has 10 nitrogen and oxygen atoms in total. The van der Waals surface area contributed by atoms with Crippen molar-refractivity contribution in [3.63, 3.8) is 0 Å². The number of ether oxygens (including phenoxy) is 1. The molecule has 0 saturated heterocycles. The second-order valence-electron chi connectivity index (χ2n) is 3.12. The summed E-state index contributed by atoms with van der Waals surface area (Å²) in [5.41, 5.74) is 0. The third-order valence-electron chi connectivity index (χ3n) is 1.66. The van der Waals surface area contributed by atoms with E-state index in [0.717, 1.165) is 0 Å². The van der Waals surface area contributed by atoms with E-state index < -0.39 is 59.2 Å². The van der Waals surface area contributed by atoms with Crippen molar-refractivity contribution >= 4 is 11.9 Å². The average Bonchev–Trinajstić information content (AvgIpc) is 2.56. The summed E-state index contributed by atoms with van der Waals surface area (Å²) in [6.45, 7) is -0.671. The molecule has 0 spiro atoms. The van der Waals surface area contributed by atoms with E-state index in [9.17, 15) is 9.36 Å². The Morgan fingerprint density at radius 1 is 1.39 bits per heavy atom. The number of carbonyl (C=O) groups is 1. The fraction of sp³-hybridized carbons (Fsp3) is 0.500. The molecule has 0 aromatic rings. The maximum absolute atomic E-state index is 10.5. The van der Waals surface area contributed by atoms with Gasteiger partial charge in [0.05, 0.1) is 6.61 Å². The SMILES string of the molecule is O=C1O[C@H]([C@@H](O)CO)C(O)=C1O.O=[P](O)(O)[Zn][OH]. The predicted molar refractivity (Wildman–Crippen MR) is 49.5 cm³/mol. The van der Waals surface area contributed by atoms with Crippen LogP contribution in [-0.2, 0) is 31.1 Å². The van der Waals surface area contributed by atoms with Crippen molar-refractivity contribution in [2.45, 2.75) is 12.2 Å². The van der Waals surface area contributed by atoms with Gasteiger partial charge in [0.1, 0.15) is 6.10 Å². The summed E-state index contributed by atoms with van der Waals surface area (Å²) in [7, 11) is 0. The molecule has 12 heteroatoms. The van der Waals surface area contributed by atoms with Gasteiger partial charge in [0.15, 0.2) is 11.9 Å². The summed E-state index contributed by atoms with van der Waals surface area (Å²) in [6, 6.07) is 0. The summed E-state index contributed by atoms with van der Waals surface area (Å²) in [4.78, 5) is 26.1. The Bertz CT molecular complexity index is 375. The predicted octanol–water partition coefficient (Wildman–Crippen LogP) is -2.34. The second-order valence-corrected chi connectivity index (χ2v) is 11.7. The van der Waals surface area contributed by atoms with Gasteiger partial charge in [-0.2, -0.15) is 0 Å². The molecule has 0 unspecified atom stereocenters. The van der Waals surface area contributed by atoms with Crippen LogP contribution < -0.4 is 0 Å². The first kappa shape index (κ1) is 17.5. The number of hydrogen-bond acceptors (Lipinski definition) is 8. The van der Waals surface area contributed by atoms with Crippen molar-refractivity contribution in [2.75, 3.05) is 6.61 Å². The molecule has 0 amide bonds. The number of carbonyl (C=O) groups excluding carboxylic acids is 1. The molecular formula is C6H11O10PZn. The van der Waals surface area contributed by atoms with E-state index in [1.807, 2.05) is 0 Å². The van der Waals surface area contributed by atoms with Crippen LogP contribution in [0.2, 0.25) is 0 Å². The van der Waals surface area contributed by atoms with Crippen molar-refractivity contribution in [3.05, 3.63) is 11.5 Å². The minimum atomic E-state index is -3.90. The van der Waals surface area contributed by atoms with Crippen LogP contribution in [0.25, 0.3) is 0 Å². The van der Waals surface area contributed by atoms with Gasteiger partial charge in [-0.3, -0.25) is 0 Å². The van der Waals surface area contributed by atoms with Gasteiger partial charge in [0.25, 0.3) is 0 Å². The molecule has 18 heavy (non-hydrogen) atoms. The molecule has 0 aromatic carbocycles. The van der Waals surface area contributed by atoms with Crippen LogP contribution in [0.15, 0.2) is 11.5 Å². The summed E-state index contributed by atoms with van der Waals surface area (Å²) < 4.78 is 21.7. The van der Waals surface area contributed by atoms with Crippen molar-refractivity contribution in [1.82, 2.24) is 0 Å². The zero-order valence-corrected chi connectivity index (χ0v) is 12.7. The maximum atomic E-state index is 10.5. The fourth-order valence-corrected chi connectivity index (χ4v) is 0.823. The van der Waals surface area contributed by atoms with Crippen molar-refractivity contribution < 1.29 is 65.2 Å². The van der Waals surface area contributed by atoms with E-state index in [2.05, 4.69) is 4.74 Å². The Morgan fingerprint density at radius 3 is 2.06 bits per heavy atom. The molecule has 1 aliphatic rings. The number of rotatable bonds is 3. The van der Waals surface area contributed by atoms with Crippen molar-refractivity contribution in [2.24, 2.45) is 0 Å². The standard InChI is InChI=1S/C6H8O6.HO3P.H2O.Zn/c7-1-2(8)5-3(9)4(10)6(11)12-5;1-4(2)3;;/h2,5,7-10H,1H2;(H-,1,2,3);1H2;/t2-,5+;;;/m0.../s1. The van der Waals surface area contributed by atoms with Crippen LogP contribution in [0, 0.1) is 0 Å². The van der Waals surface area contributed by atoms with Crippen LogP contribution in [0.5, 0.6) is 0 Å². The third-order valence-corrected chi connectivity index (χ3v) is 4.35. The zero-order chi connectivity index (χ0) is 14.5. The van der Waals surface area contributed by atoms with Crippen molar-refractivity contribution in [1.29, 1.82) is 0 Å². The van der Waals surface area contributed by atoms with Crippen LogP contribution in [0.4, 0.5) is 0 Å². The van der Waals surface area contributed by atoms with Gasteiger partial charge in [0, 0.05) is 0 Å². The number of aliphatic hydroxyl groups excluding tert-OH is 4. The fourth-order valence-electron chi connectivity index (χ4n) is 0.823. The topological polar surface area (TPSA) is 185 Å². The summed E-state index contributed by atoms with van der Waals surface area (Å²) in [5.74, 6) is -6.68. The molecule has 0 aromatic heterocycles.